The Kier molecular flexibility index (Phi) is 16.4. The number of carboxylic acid groups (broad SMARTS) is 1. The maximum absolute atomic E-state index is 13.0. The normalized spacial score (nSPS) is 45.1. The van der Waals surface area contributed by atoms with Crippen molar-refractivity contribution in [2.24, 2.45) is 0 Å². The highest BCUT2D eigenvalue weighted by atomic mass is 16.8. The van der Waals surface area contributed by atoms with Crippen LogP contribution in [0.5, 0.6) is 0 Å². The first-order valence-electron chi connectivity index (χ1n) is 17.7. The van der Waals surface area contributed by atoms with E-state index in [0.29, 0.717) is 0 Å². The van der Waals surface area contributed by atoms with Crippen molar-refractivity contribution in [3.63, 3.8) is 0 Å². The van der Waals surface area contributed by atoms with Crippen LogP contribution in [0.2, 0.25) is 0 Å². The highest BCUT2D eigenvalue weighted by Gasteiger charge is 2.61. The molecule has 0 aromatic carbocycles. The number of aliphatic carboxylic acids is 1. The monoisotopic (exact) mass is 836 g/mol. The lowest BCUT2D eigenvalue weighted by Crippen LogP contribution is -2.71. The SMILES string of the molecule is CC(=O)N[C@H]1[C@H](O[C@@H]2[C@@H](O)[C@H](O)O[C@H](CO)[C@@H]2O)O[C@H](CO)[C@H](O)[C@@H]1O[C@@H]1O[C@H](CO)[C@H](O)[C@H](O)[C@H]1O[C@]1(C(=O)O)C[C@H](O)[C@@H](NC(C)=O)[C@H]([C@H](O)[C@H](O)CO)O1. The molecule has 21 atom stereocenters. The Balaban J connectivity index is 1.75. The summed E-state index contributed by atoms with van der Waals surface area (Å²) in [6.07, 6.45) is -36.9. The molecule has 330 valence electrons. The summed E-state index contributed by atoms with van der Waals surface area (Å²) in [4.78, 5) is 37.4. The smallest absolute Gasteiger partial charge is 0.364 e. The molecule has 16 N–H and O–H groups in total. The second kappa shape index (κ2) is 19.8. The zero-order chi connectivity index (χ0) is 42.7. The summed E-state index contributed by atoms with van der Waals surface area (Å²) in [5.41, 5.74) is 0. The molecule has 0 unspecified atom stereocenters. The van der Waals surface area contributed by atoms with Gasteiger partial charge in [0.1, 0.15) is 91.5 Å². The number of carbonyl (C=O) groups is 3. The van der Waals surface area contributed by atoms with Gasteiger partial charge in [-0.1, -0.05) is 0 Å². The predicted octanol–water partition coefficient (Wildman–Crippen LogP) is -10.3. The van der Waals surface area contributed by atoms with E-state index in [4.69, 9.17) is 33.2 Å². The molecule has 2 amide bonds. The van der Waals surface area contributed by atoms with Gasteiger partial charge in [0, 0.05) is 20.3 Å². The predicted molar refractivity (Wildman–Crippen MR) is 174 cm³/mol. The number of aliphatic hydroxyl groups is 13. The van der Waals surface area contributed by atoms with Crippen molar-refractivity contribution in [2.75, 3.05) is 26.4 Å². The molecule has 4 aliphatic rings. The Morgan fingerprint density at radius 1 is 0.684 bits per heavy atom. The molecule has 0 spiro atoms. The molecule has 0 saturated carbocycles. The molecule has 0 aromatic heterocycles. The third kappa shape index (κ3) is 10.2. The third-order valence-corrected chi connectivity index (χ3v) is 9.98. The lowest BCUT2D eigenvalue weighted by molar-refractivity contribution is -0.393. The average Bonchev–Trinajstić information content (AvgIpc) is 3.16. The maximum atomic E-state index is 13.0. The highest BCUT2D eigenvalue weighted by molar-refractivity contribution is 5.76. The van der Waals surface area contributed by atoms with E-state index in [1.165, 1.54) is 0 Å². The highest BCUT2D eigenvalue weighted by Crippen LogP contribution is 2.39. The average molecular weight is 837 g/mol. The van der Waals surface area contributed by atoms with Gasteiger partial charge in [0.25, 0.3) is 5.79 Å². The van der Waals surface area contributed by atoms with Crippen molar-refractivity contribution in [2.45, 2.75) is 149 Å². The molecule has 4 aliphatic heterocycles. The van der Waals surface area contributed by atoms with Crippen LogP contribution in [-0.4, -0.2) is 244 Å². The van der Waals surface area contributed by atoms with Gasteiger partial charge in [-0.25, -0.2) is 4.79 Å². The zero-order valence-electron chi connectivity index (χ0n) is 30.4. The summed E-state index contributed by atoms with van der Waals surface area (Å²) < 4.78 is 39.3. The summed E-state index contributed by atoms with van der Waals surface area (Å²) >= 11 is 0. The summed E-state index contributed by atoms with van der Waals surface area (Å²) in [5, 5.41) is 151. The quantitative estimate of drug-likeness (QED) is 0.0728. The van der Waals surface area contributed by atoms with Crippen LogP contribution >= 0.6 is 0 Å². The van der Waals surface area contributed by atoms with E-state index >= 15 is 0 Å². The molecule has 26 nitrogen and oxygen atoms in total. The van der Waals surface area contributed by atoms with Crippen LogP contribution in [0.15, 0.2) is 0 Å². The van der Waals surface area contributed by atoms with Crippen LogP contribution in [-0.2, 0) is 47.5 Å². The van der Waals surface area contributed by atoms with Gasteiger partial charge < -0.3 is 115 Å². The summed E-state index contributed by atoms with van der Waals surface area (Å²) in [6.45, 7) is -2.02. The molecular formula is C31H52N2O24. The van der Waals surface area contributed by atoms with E-state index in [-0.39, 0.29) is 0 Å². The number of nitrogens with one attached hydrogen (secondary N) is 2. The molecule has 57 heavy (non-hydrogen) atoms. The van der Waals surface area contributed by atoms with Crippen molar-refractivity contribution in [3.05, 3.63) is 0 Å². The summed E-state index contributed by atoms with van der Waals surface area (Å²) in [5.74, 6) is -6.90. The van der Waals surface area contributed by atoms with Gasteiger partial charge in [0.05, 0.1) is 38.6 Å². The Morgan fingerprint density at radius 2 is 1.19 bits per heavy atom. The van der Waals surface area contributed by atoms with Crippen molar-refractivity contribution >= 4 is 17.8 Å². The van der Waals surface area contributed by atoms with Crippen LogP contribution in [0.3, 0.4) is 0 Å². The van der Waals surface area contributed by atoms with Crippen molar-refractivity contribution < 1.29 is 119 Å². The Labute approximate surface area is 322 Å². The first-order chi connectivity index (χ1) is 26.7. The maximum Gasteiger partial charge on any atom is 0.364 e. The van der Waals surface area contributed by atoms with Crippen LogP contribution < -0.4 is 10.6 Å². The molecule has 0 bridgehead atoms. The van der Waals surface area contributed by atoms with E-state index in [9.17, 15) is 85.9 Å². The molecular weight excluding hydrogens is 784 g/mol. The Hall–Kier alpha value is -2.39. The van der Waals surface area contributed by atoms with Crippen LogP contribution in [0.1, 0.15) is 20.3 Å². The number of hydrogen-bond donors (Lipinski definition) is 16. The molecule has 4 heterocycles. The molecule has 4 saturated heterocycles. The second-order valence-electron chi connectivity index (χ2n) is 14.0. The van der Waals surface area contributed by atoms with Gasteiger partial charge in [0.2, 0.25) is 11.8 Å². The van der Waals surface area contributed by atoms with Gasteiger partial charge in [-0.05, 0) is 0 Å². The minimum Gasteiger partial charge on any atom is -0.477 e. The van der Waals surface area contributed by atoms with E-state index in [0.717, 1.165) is 13.8 Å². The number of rotatable bonds is 15. The number of carboxylic acids is 1. The molecule has 4 rings (SSSR count). The number of aliphatic hydroxyl groups excluding tert-OH is 13. The van der Waals surface area contributed by atoms with Gasteiger partial charge in [-0.2, -0.15) is 0 Å². The third-order valence-electron chi connectivity index (χ3n) is 9.98. The standard InChI is InChI=1S/C31H52N2O24/c1-8(38)32-15-10(40)3-31(30(49)50,56-24(15)17(42)11(41)4-34)57-26-21(46)18(43)12(5-35)53-29(26)54-23-16(33-9(2)39)28(52-14(7-37)19(23)44)55-25-20(45)13(6-36)51-27(48)22(25)47/h10-29,34-37,40-48H,3-7H2,1-2H3,(H,32,38)(H,33,39)(H,49,50)/t10-,11+,12+,13+,14+,15+,16+,17+,18-,19-,20-,21-,22+,23+,24+,25-,26+,27+,28-,29-,31-/m0/s1. The zero-order valence-corrected chi connectivity index (χ0v) is 30.4. The fourth-order valence-corrected chi connectivity index (χ4v) is 7.03. The second-order valence-corrected chi connectivity index (χ2v) is 14.0. The largest absolute Gasteiger partial charge is 0.477 e. The lowest BCUT2D eigenvalue weighted by atomic mass is 9.88. The number of carbonyl (C=O) groups excluding carboxylic acids is 2. The molecule has 0 aliphatic carbocycles. The topological polar surface area (TPSA) is 423 Å². The Morgan fingerprint density at radius 3 is 1.74 bits per heavy atom. The molecule has 4 fully saturated rings. The van der Waals surface area contributed by atoms with Crippen LogP contribution in [0.4, 0.5) is 0 Å². The van der Waals surface area contributed by atoms with Crippen molar-refractivity contribution in [1.82, 2.24) is 10.6 Å². The molecule has 0 radical (unpaired) electrons. The first kappa shape index (κ1) is 47.3. The number of amides is 2. The molecule has 0 aromatic rings. The first-order valence-corrected chi connectivity index (χ1v) is 17.7. The minimum atomic E-state index is -3.18. The van der Waals surface area contributed by atoms with Crippen LogP contribution in [0, 0.1) is 0 Å². The number of ether oxygens (including phenoxy) is 7. The summed E-state index contributed by atoms with van der Waals surface area (Å²) in [7, 11) is 0. The fraction of sp³-hybridized carbons (Fsp3) is 0.903. The number of hydrogen-bond acceptors (Lipinski definition) is 23. The minimum absolute atomic E-state index is 0.803. The Bertz CT molecular complexity index is 1350. The van der Waals surface area contributed by atoms with E-state index in [1.807, 2.05) is 0 Å². The van der Waals surface area contributed by atoms with Gasteiger partial charge in [0.15, 0.2) is 18.9 Å². The van der Waals surface area contributed by atoms with Gasteiger partial charge >= 0.3 is 5.97 Å². The summed E-state index contributed by atoms with van der Waals surface area (Å²) in [6, 6.07) is -3.41. The van der Waals surface area contributed by atoms with Gasteiger partial charge in [-0.15, -0.1) is 0 Å². The van der Waals surface area contributed by atoms with Crippen molar-refractivity contribution in [1.29, 1.82) is 0 Å². The molecule has 26 heteroatoms. The van der Waals surface area contributed by atoms with Gasteiger partial charge in [-0.3, -0.25) is 9.59 Å². The van der Waals surface area contributed by atoms with Crippen molar-refractivity contribution in [3.8, 4) is 0 Å². The van der Waals surface area contributed by atoms with Crippen LogP contribution in [0.25, 0.3) is 0 Å². The van der Waals surface area contributed by atoms with E-state index in [2.05, 4.69) is 10.6 Å². The fourth-order valence-electron chi connectivity index (χ4n) is 7.03. The van der Waals surface area contributed by atoms with E-state index < -0.39 is 179 Å². The lowest BCUT2D eigenvalue weighted by Gasteiger charge is -2.51. The van der Waals surface area contributed by atoms with E-state index in [1.54, 1.807) is 0 Å².